The summed E-state index contributed by atoms with van der Waals surface area (Å²) in [7, 11) is 0. The Morgan fingerprint density at radius 3 is 2.85 bits per heavy atom. The number of nitrogens with one attached hydrogen (secondary N) is 1. The third-order valence-electron chi connectivity index (χ3n) is 3.22. The topological polar surface area (TPSA) is 69.4 Å². The molecule has 6 heteroatoms. The number of rotatable bonds is 4. The van der Waals surface area contributed by atoms with Crippen LogP contribution in [0.5, 0.6) is 0 Å². The molecule has 2 rings (SSSR count). The molecule has 1 aliphatic carbocycles. The molecule has 0 unspecified atom stereocenters. The molecule has 1 amide bonds. The predicted octanol–water partition coefficient (Wildman–Crippen LogP) is 3.97. The molecule has 0 bridgehead atoms. The number of anilines is 1. The zero-order chi connectivity index (χ0) is 14.5. The van der Waals surface area contributed by atoms with E-state index in [-0.39, 0.29) is 16.5 Å². The second-order valence-corrected chi connectivity index (χ2v) is 5.18. The third kappa shape index (κ3) is 3.81. The van der Waals surface area contributed by atoms with Crippen LogP contribution in [0.1, 0.15) is 32.1 Å². The van der Waals surface area contributed by atoms with Crippen LogP contribution < -0.4 is 5.32 Å². The number of carbonyl (C=O) groups is 1. The van der Waals surface area contributed by atoms with Crippen molar-refractivity contribution in [2.24, 2.45) is 0 Å². The normalized spacial score (nSPS) is 14.6. The predicted molar refractivity (Wildman–Crippen MR) is 76.3 cm³/mol. The SMILES string of the molecule is O=C(CC1=CCCCC1)Nc1cc([N+](=O)O)ccc1Cl. The number of halogens is 1. The zero-order valence-corrected chi connectivity index (χ0v) is 11.7. The van der Waals surface area contributed by atoms with E-state index >= 15 is 0 Å². The lowest BCUT2D eigenvalue weighted by molar-refractivity contribution is -0.729. The standard InChI is InChI=1S/C14H15ClN2O3/c15-12-7-6-11(17(19)20)9-13(12)16-14(18)8-10-4-2-1-3-5-10/h4,6-7,9H,1-3,5,8H2,(H-,16,18,19,20)/p+1. The van der Waals surface area contributed by atoms with E-state index in [0.29, 0.717) is 17.1 Å². The second kappa shape index (κ2) is 6.52. The maximum Gasteiger partial charge on any atom is 0.318 e. The highest BCUT2D eigenvalue weighted by molar-refractivity contribution is 6.33. The van der Waals surface area contributed by atoms with Crippen molar-refractivity contribution in [3.05, 3.63) is 39.8 Å². The van der Waals surface area contributed by atoms with Gasteiger partial charge in [0.2, 0.25) is 5.91 Å². The Kier molecular flexibility index (Phi) is 4.74. The van der Waals surface area contributed by atoms with Crippen molar-refractivity contribution in [2.75, 3.05) is 5.32 Å². The molecular weight excluding hydrogens is 280 g/mol. The van der Waals surface area contributed by atoms with E-state index in [1.54, 1.807) is 0 Å². The Hall–Kier alpha value is -1.88. The fraction of sp³-hybridized carbons (Fsp3) is 0.357. The summed E-state index contributed by atoms with van der Waals surface area (Å²) in [6.45, 7) is 0. The van der Waals surface area contributed by atoms with Gasteiger partial charge in [-0.05, 0) is 31.7 Å². The fourth-order valence-electron chi connectivity index (χ4n) is 2.19. The molecule has 1 aromatic rings. The van der Waals surface area contributed by atoms with Gasteiger partial charge in [0.05, 0.1) is 15.6 Å². The lowest BCUT2D eigenvalue weighted by atomic mass is 9.97. The Labute approximate surface area is 121 Å². The first-order valence-corrected chi connectivity index (χ1v) is 6.87. The molecule has 0 saturated carbocycles. The van der Waals surface area contributed by atoms with Gasteiger partial charge in [-0.1, -0.05) is 23.3 Å². The Balaban J connectivity index is 2.05. The van der Waals surface area contributed by atoms with Gasteiger partial charge in [0.15, 0.2) is 0 Å². The van der Waals surface area contributed by atoms with Crippen LogP contribution in [0.2, 0.25) is 5.02 Å². The Bertz CT molecular complexity index is 570. The van der Waals surface area contributed by atoms with E-state index in [1.165, 1.54) is 24.6 Å². The van der Waals surface area contributed by atoms with E-state index in [0.717, 1.165) is 24.8 Å². The van der Waals surface area contributed by atoms with Crippen LogP contribution in [0.15, 0.2) is 29.8 Å². The molecule has 20 heavy (non-hydrogen) atoms. The highest BCUT2D eigenvalue weighted by atomic mass is 35.5. The summed E-state index contributed by atoms with van der Waals surface area (Å²) in [5.74, 6) is -0.174. The maximum atomic E-state index is 11.9. The van der Waals surface area contributed by atoms with Gasteiger partial charge in [0, 0.05) is 18.6 Å². The third-order valence-corrected chi connectivity index (χ3v) is 3.55. The summed E-state index contributed by atoms with van der Waals surface area (Å²) in [6.07, 6.45) is 6.70. The number of allylic oxidation sites excluding steroid dienone is 1. The van der Waals surface area contributed by atoms with Crippen molar-refractivity contribution in [2.45, 2.75) is 32.1 Å². The van der Waals surface area contributed by atoms with E-state index in [4.69, 9.17) is 16.8 Å². The highest BCUT2D eigenvalue weighted by Gasteiger charge is 2.16. The van der Waals surface area contributed by atoms with Crippen LogP contribution in [-0.2, 0) is 4.79 Å². The number of hydrogen-bond acceptors (Lipinski definition) is 2. The first-order valence-electron chi connectivity index (χ1n) is 6.49. The number of nitrogens with zero attached hydrogens (tertiary/aromatic N) is 1. The van der Waals surface area contributed by atoms with Gasteiger partial charge >= 0.3 is 5.69 Å². The van der Waals surface area contributed by atoms with Crippen molar-refractivity contribution < 1.29 is 14.9 Å². The van der Waals surface area contributed by atoms with Gasteiger partial charge < -0.3 is 5.32 Å². The maximum absolute atomic E-state index is 11.9. The van der Waals surface area contributed by atoms with E-state index in [1.807, 2.05) is 0 Å². The zero-order valence-electron chi connectivity index (χ0n) is 10.9. The first kappa shape index (κ1) is 14.5. The molecule has 106 valence electrons. The first-order chi connectivity index (χ1) is 9.56. The minimum atomic E-state index is -0.268. The average molecular weight is 296 g/mol. The second-order valence-electron chi connectivity index (χ2n) is 4.77. The number of hydrogen-bond donors (Lipinski definition) is 2. The van der Waals surface area contributed by atoms with Crippen molar-refractivity contribution in [3.8, 4) is 0 Å². The van der Waals surface area contributed by atoms with E-state index in [9.17, 15) is 9.70 Å². The number of amides is 1. The molecule has 0 aliphatic heterocycles. The van der Waals surface area contributed by atoms with Crippen molar-refractivity contribution >= 4 is 28.9 Å². The summed E-state index contributed by atoms with van der Waals surface area (Å²) in [5, 5.41) is 11.8. The molecule has 0 aromatic heterocycles. The largest absolute Gasteiger partial charge is 0.324 e. The lowest BCUT2D eigenvalue weighted by Gasteiger charge is -2.12. The molecule has 1 aliphatic rings. The highest BCUT2D eigenvalue weighted by Crippen LogP contribution is 2.27. The van der Waals surface area contributed by atoms with Crippen LogP contribution >= 0.6 is 11.6 Å². The van der Waals surface area contributed by atoms with Gasteiger partial charge in [-0.3, -0.25) is 4.79 Å². The molecule has 0 saturated heterocycles. The van der Waals surface area contributed by atoms with Crippen LogP contribution in [0.4, 0.5) is 11.4 Å². The van der Waals surface area contributed by atoms with Crippen LogP contribution in [-0.4, -0.2) is 16.0 Å². The van der Waals surface area contributed by atoms with Crippen molar-refractivity contribution in [3.63, 3.8) is 0 Å². The molecule has 0 radical (unpaired) electrons. The van der Waals surface area contributed by atoms with Gasteiger partial charge in [0.25, 0.3) is 4.92 Å². The van der Waals surface area contributed by atoms with Crippen LogP contribution in [0.25, 0.3) is 0 Å². The lowest BCUT2D eigenvalue weighted by Crippen LogP contribution is -2.13. The van der Waals surface area contributed by atoms with Crippen LogP contribution in [0.3, 0.4) is 0 Å². The monoisotopic (exact) mass is 295 g/mol. The smallest absolute Gasteiger partial charge is 0.318 e. The quantitative estimate of drug-likeness (QED) is 0.652. The van der Waals surface area contributed by atoms with E-state index in [2.05, 4.69) is 11.4 Å². The molecule has 0 fully saturated rings. The van der Waals surface area contributed by atoms with Gasteiger partial charge in [0.1, 0.15) is 0 Å². The van der Waals surface area contributed by atoms with E-state index < -0.39 is 0 Å². The Morgan fingerprint density at radius 1 is 1.40 bits per heavy atom. The van der Waals surface area contributed by atoms with Crippen LogP contribution in [0, 0.1) is 4.91 Å². The Morgan fingerprint density at radius 2 is 2.20 bits per heavy atom. The number of benzene rings is 1. The minimum Gasteiger partial charge on any atom is -0.324 e. The van der Waals surface area contributed by atoms with Gasteiger partial charge in [-0.15, -0.1) is 0 Å². The molecular formula is C14H16ClN2O3+. The summed E-state index contributed by atoms with van der Waals surface area (Å²) in [6, 6.07) is 4.16. The molecule has 0 atom stereocenters. The summed E-state index contributed by atoms with van der Waals surface area (Å²) in [4.78, 5) is 22.5. The van der Waals surface area contributed by atoms with Crippen molar-refractivity contribution in [1.29, 1.82) is 0 Å². The molecule has 0 heterocycles. The molecule has 5 nitrogen and oxygen atoms in total. The summed E-state index contributed by atoms with van der Waals surface area (Å²) >= 11 is 5.96. The van der Waals surface area contributed by atoms with Gasteiger partial charge in [-0.2, -0.15) is 0 Å². The number of carbonyl (C=O) groups excluding carboxylic acids is 1. The molecule has 1 aromatic carbocycles. The fourth-order valence-corrected chi connectivity index (χ4v) is 2.36. The molecule has 0 spiro atoms. The minimum absolute atomic E-state index is 0.0154. The summed E-state index contributed by atoms with van der Waals surface area (Å²) < 4.78 is 0. The average Bonchev–Trinajstić information content (AvgIpc) is 2.42. The summed E-state index contributed by atoms with van der Waals surface area (Å²) in [5.41, 5.74) is 1.47. The van der Waals surface area contributed by atoms with Gasteiger partial charge in [-0.25, -0.2) is 5.21 Å². The molecule has 2 N–H and O–H groups in total. The van der Waals surface area contributed by atoms with Crippen molar-refractivity contribution in [1.82, 2.24) is 0 Å².